The molecule has 0 fully saturated rings. The van der Waals surface area contributed by atoms with Gasteiger partial charge in [0.05, 0.1) is 11.3 Å². The van der Waals surface area contributed by atoms with E-state index < -0.39 is 5.97 Å². The number of amides is 1. The zero-order chi connectivity index (χ0) is 15.2. The molecule has 2 rings (SSSR count). The molecule has 1 amide bonds. The lowest BCUT2D eigenvalue weighted by Gasteiger charge is -2.08. The summed E-state index contributed by atoms with van der Waals surface area (Å²) in [7, 11) is 0. The van der Waals surface area contributed by atoms with Gasteiger partial charge in [0, 0.05) is 11.9 Å². The van der Waals surface area contributed by atoms with E-state index in [4.69, 9.17) is 5.11 Å². The minimum absolute atomic E-state index is 0.103. The van der Waals surface area contributed by atoms with Crippen LogP contribution < -0.4 is 5.32 Å². The first-order valence-electron chi connectivity index (χ1n) is 6.24. The highest BCUT2D eigenvalue weighted by atomic mass is 32.2. The number of thioether (sulfide) groups is 1. The van der Waals surface area contributed by atoms with Gasteiger partial charge in [0.2, 0.25) is 5.91 Å². The summed E-state index contributed by atoms with van der Waals surface area (Å²) in [6, 6.07) is 10.5. The highest BCUT2D eigenvalue weighted by Gasteiger charge is 2.13. The lowest BCUT2D eigenvalue weighted by Crippen LogP contribution is -2.15. The smallest absolute Gasteiger partial charge is 0.338 e. The van der Waals surface area contributed by atoms with Gasteiger partial charge in [-0.05, 0) is 30.7 Å². The summed E-state index contributed by atoms with van der Waals surface area (Å²) in [6.45, 7) is 1.91. The van der Waals surface area contributed by atoms with Crippen LogP contribution in [0.15, 0.2) is 47.6 Å². The molecule has 1 aromatic heterocycles. The van der Waals surface area contributed by atoms with Crippen molar-refractivity contribution in [1.29, 1.82) is 0 Å². The van der Waals surface area contributed by atoms with Gasteiger partial charge in [-0.15, -0.1) is 0 Å². The lowest BCUT2D eigenvalue weighted by molar-refractivity contribution is -0.113. The molecule has 1 aromatic carbocycles. The van der Waals surface area contributed by atoms with Crippen molar-refractivity contribution < 1.29 is 14.7 Å². The Morgan fingerprint density at radius 1 is 1.24 bits per heavy atom. The quantitative estimate of drug-likeness (QED) is 0.830. The van der Waals surface area contributed by atoms with Gasteiger partial charge < -0.3 is 10.4 Å². The number of hydrogen-bond acceptors (Lipinski definition) is 4. The summed E-state index contributed by atoms with van der Waals surface area (Å²) in [5.74, 6) is -1.15. The summed E-state index contributed by atoms with van der Waals surface area (Å²) < 4.78 is 0. The van der Waals surface area contributed by atoms with Crippen LogP contribution in [-0.2, 0) is 4.79 Å². The summed E-state index contributed by atoms with van der Waals surface area (Å²) in [5.41, 5.74) is 1.83. The molecule has 2 aromatic rings. The molecule has 5 nitrogen and oxygen atoms in total. The topological polar surface area (TPSA) is 79.3 Å². The van der Waals surface area contributed by atoms with Crippen molar-refractivity contribution in [2.45, 2.75) is 11.9 Å². The second kappa shape index (κ2) is 6.90. The van der Waals surface area contributed by atoms with Crippen molar-refractivity contribution in [3.05, 3.63) is 53.7 Å². The number of nitrogens with one attached hydrogen (secondary N) is 1. The first kappa shape index (κ1) is 15.1. The largest absolute Gasteiger partial charge is 0.478 e. The Morgan fingerprint density at radius 2 is 2.00 bits per heavy atom. The molecule has 0 saturated carbocycles. The zero-order valence-electron chi connectivity index (χ0n) is 11.4. The SMILES string of the molecule is Cc1ccccc1NC(=O)CSc1ncccc1C(=O)O. The lowest BCUT2D eigenvalue weighted by atomic mass is 10.2. The Kier molecular flexibility index (Phi) is 4.94. The van der Waals surface area contributed by atoms with E-state index in [0.717, 1.165) is 23.0 Å². The van der Waals surface area contributed by atoms with Crippen molar-refractivity contribution in [3.63, 3.8) is 0 Å². The average Bonchev–Trinajstić information content (AvgIpc) is 2.48. The van der Waals surface area contributed by atoms with Crippen molar-refractivity contribution >= 4 is 29.3 Å². The van der Waals surface area contributed by atoms with Gasteiger partial charge in [0.15, 0.2) is 0 Å². The number of para-hydroxylation sites is 1. The molecule has 1 heterocycles. The molecule has 0 spiro atoms. The third-order valence-electron chi connectivity index (χ3n) is 2.76. The minimum atomic E-state index is -1.05. The number of carbonyl (C=O) groups excluding carboxylic acids is 1. The molecule has 21 heavy (non-hydrogen) atoms. The van der Waals surface area contributed by atoms with Crippen LogP contribution in [0.3, 0.4) is 0 Å². The van der Waals surface area contributed by atoms with E-state index >= 15 is 0 Å². The number of aromatic nitrogens is 1. The van der Waals surface area contributed by atoms with E-state index in [0.29, 0.717) is 5.03 Å². The third-order valence-corrected chi connectivity index (χ3v) is 3.77. The number of rotatable bonds is 5. The molecule has 2 N–H and O–H groups in total. The van der Waals surface area contributed by atoms with Gasteiger partial charge in [-0.1, -0.05) is 30.0 Å². The molecule has 0 aliphatic heterocycles. The number of aromatic carboxylic acids is 1. The Labute approximate surface area is 126 Å². The summed E-state index contributed by atoms with van der Waals surface area (Å²) in [6.07, 6.45) is 1.51. The second-order valence-electron chi connectivity index (χ2n) is 4.31. The fourth-order valence-corrected chi connectivity index (χ4v) is 2.49. The maximum Gasteiger partial charge on any atom is 0.338 e. The normalized spacial score (nSPS) is 10.1. The zero-order valence-corrected chi connectivity index (χ0v) is 12.2. The Hall–Kier alpha value is -2.34. The van der Waals surface area contributed by atoms with Gasteiger partial charge in [0.1, 0.15) is 5.03 Å². The van der Waals surface area contributed by atoms with Gasteiger partial charge in [-0.2, -0.15) is 0 Å². The van der Waals surface area contributed by atoms with Gasteiger partial charge in [-0.3, -0.25) is 4.79 Å². The fourth-order valence-electron chi connectivity index (χ4n) is 1.70. The Bertz CT molecular complexity index is 673. The third kappa shape index (κ3) is 4.06. The monoisotopic (exact) mass is 302 g/mol. The fraction of sp³-hybridized carbons (Fsp3) is 0.133. The number of aryl methyl sites for hydroxylation is 1. The van der Waals surface area contributed by atoms with E-state index in [1.54, 1.807) is 6.07 Å². The Morgan fingerprint density at radius 3 is 2.71 bits per heavy atom. The number of hydrogen-bond donors (Lipinski definition) is 2. The maximum atomic E-state index is 11.9. The number of pyridine rings is 1. The number of nitrogens with zero attached hydrogens (tertiary/aromatic N) is 1. The molecule has 0 unspecified atom stereocenters. The van der Waals surface area contributed by atoms with Gasteiger partial charge in [0.25, 0.3) is 0 Å². The van der Waals surface area contributed by atoms with Crippen molar-refractivity contribution in [1.82, 2.24) is 4.98 Å². The average molecular weight is 302 g/mol. The van der Waals surface area contributed by atoms with Crippen LogP contribution in [0.5, 0.6) is 0 Å². The summed E-state index contributed by atoms with van der Waals surface area (Å²) in [5, 5.41) is 12.2. The summed E-state index contributed by atoms with van der Waals surface area (Å²) in [4.78, 5) is 27.0. The number of carboxylic acids is 1. The van der Waals surface area contributed by atoms with Crippen molar-refractivity contribution in [3.8, 4) is 0 Å². The first-order valence-corrected chi connectivity index (χ1v) is 7.23. The van der Waals surface area contributed by atoms with Gasteiger partial charge in [-0.25, -0.2) is 9.78 Å². The number of anilines is 1. The molecule has 6 heteroatoms. The van der Waals surface area contributed by atoms with E-state index in [1.165, 1.54) is 12.3 Å². The standard InChI is InChI=1S/C15H14N2O3S/c1-10-5-2-3-7-12(10)17-13(18)9-21-14-11(15(19)20)6-4-8-16-14/h2-8H,9H2,1H3,(H,17,18)(H,19,20). The molecule has 0 bridgehead atoms. The van der Waals surface area contributed by atoms with Crippen LogP contribution in [0, 0.1) is 6.92 Å². The number of benzene rings is 1. The number of carbonyl (C=O) groups is 2. The van der Waals surface area contributed by atoms with Crippen LogP contribution in [-0.4, -0.2) is 27.7 Å². The predicted octanol–water partition coefficient (Wildman–Crippen LogP) is 2.82. The van der Waals surface area contributed by atoms with Crippen molar-refractivity contribution in [2.24, 2.45) is 0 Å². The minimum Gasteiger partial charge on any atom is -0.478 e. The first-order chi connectivity index (χ1) is 10.1. The predicted molar refractivity (Wildman–Crippen MR) is 81.7 cm³/mol. The van der Waals surface area contributed by atoms with E-state index in [2.05, 4.69) is 10.3 Å². The van der Waals surface area contributed by atoms with Crippen LogP contribution >= 0.6 is 11.8 Å². The molecule has 0 atom stereocenters. The molecular formula is C15H14N2O3S. The van der Waals surface area contributed by atoms with Crippen LogP contribution in [0.4, 0.5) is 5.69 Å². The maximum absolute atomic E-state index is 11.9. The van der Waals surface area contributed by atoms with E-state index in [1.807, 2.05) is 31.2 Å². The molecule has 0 radical (unpaired) electrons. The second-order valence-corrected chi connectivity index (χ2v) is 5.28. The molecular weight excluding hydrogens is 288 g/mol. The summed E-state index contributed by atoms with van der Waals surface area (Å²) >= 11 is 1.10. The molecule has 0 aliphatic rings. The van der Waals surface area contributed by atoms with Crippen molar-refractivity contribution in [2.75, 3.05) is 11.1 Å². The molecule has 108 valence electrons. The molecule has 0 saturated heterocycles. The van der Waals surface area contributed by atoms with E-state index in [-0.39, 0.29) is 17.2 Å². The number of carboxylic acid groups (broad SMARTS) is 1. The van der Waals surface area contributed by atoms with Crippen LogP contribution in [0.25, 0.3) is 0 Å². The molecule has 0 aliphatic carbocycles. The van der Waals surface area contributed by atoms with Gasteiger partial charge >= 0.3 is 5.97 Å². The highest BCUT2D eigenvalue weighted by Crippen LogP contribution is 2.20. The Balaban J connectivity index is 1.99. The highest BCUT2D eigenvalue weighted by molar-refractivity contribution is 8.00. The van der Waals surface area contributed by atoms with Crippen LogP contribution in [0.2, 0.25) is 0 Å². The van der Waals surface area contributed by atoms with E-state index in [9.17, 15) is 9.59 Å². The van der Waals surface area contributed by atoms with Crippen LogP contribution in [0.1, 0.15) is 15.9 Å².